The van der Waals surface area contributed by atoms with Gasteiger partial charge in [-0.1, -0.05) is 78.9 Å². The second-order valence-corrected chi connectivity index (χ2v) is 8.61. The molecule has 0 aliphatic rings. The van der Waals surface area contributed by atoms with Crippen molar-refractivity contribution in [2.45, 2.75) is 24.0 Å². The van der Waals surface area contributed by atoms with Gasteiger partial charge in [-0.25, -0.2) is 13.1 Å². The third-order valence-electron chi connectivity index (χ3n) is 4.68. The molecule has 0 radical (unpaired) electrons. The third kappa shape index (κ3) is 5.47. The van der Waals surface area contributed by atoms with Crippen molar-refractivity contribution >= 4 is 10.0 Å². The highest BCUT2D eigenvalue weighted by molar-refractivity contribution is 7.88. The van der Waals surface area contributed by atoms with Crippen molar-refractivity contribution in [2.24, 2.45) is 5.73 Å². The minimum absolute atomic E-state index is 0.322. The Labute approximate surface area is 173 Å². The first-order valence-corrected chi connectivity index (χ1v) is 10.8. The lowest BCUT2D eigenvalue weighted by molar-refractivity contribution is -0.138. The number of alkyl halides is 3. The molecule has 30 heavy (non-hydrogen) atoms. The fourth-order valence-corrected chi connectivity index (χ4v) is 4.65. The average molecular weight is 434 g/mol. The van der Waals surface area contributed by atoms with Crippen LogP contribution in [0.25, 0.3) is 0 Å². The Bertz CT molecular complexity index is 1070. The monoisotopic (exact) mass is 434 g/mol. The third-order valence-corrected chi connectivity index (χ3v) is 5.98. The SMILES string of the molecule is NC(c1ccccc1)C(NS(=O)(=O)Cc1ccccc1C(F)(F)F)c1ccccc1. The van der Waals surface area contributed by atoms with Gasteiger partial charge in [0, 0.05) is 0 Å². The zero-order valence-electron chi connectivity index (χ0n) is 15.9. The summed E-state index contributed by atoms with van der Waals surface area (Å²) in [6, 6.07) is 20.7. The van der Waals surface area contributed by atoms with E-state index in [1.807, 2.05) is 6.07 Å². The highest BCUT2D eigenvalue weighted by atomic mass is 32.2. The summed E-state index contributed by atoms with van der Waals surface area (Å²) in [5, 5.41) is 0. The first kappa shape index (κ1) is 22.0. The molecule has 0 saturated carbocycles. The summed E-state index contributed by atoms with van der Waals surface area (Å²) in [6.07, 6.45) is -4.65. The van der Waals surface area contributed by atoms with Crippen molar-refractivity contribution in [1.82, 2.24) is 4.72 Å². The number of benzene rings is 3. The summed E-state index contributed by atoms with van der Waals surface area (Å²) in [5.41, 5.74) is 6.38. The average Bonchev–Trinajstić information content (AvgIpc) is 2.72. The van der Waals surface area contributed by atoms with E-state index in [9.17, 15) is 21.6 Å². The Kier molecular flexibility index (Phi) is 6.60. The van der Waals surface area contributed by atoms with E-state index in [1.54, 1.807) is 54.6 Å². The second-order valence-electron chi connectivity index (χ2n) is 6.86. The van der Waals surface area contributed by atoms with Crippen LogP contribution in [0.15, 0.2) is 84.9 Å². The van der Waals surface area contributed by atoms with Crippen LogP contribution in [-0.4, -0.2) is 8.42 Å². The van der Waals surface area contributed by atoms with Crippen LogP contribution in [-0.2, 0) is 22.0 Å². The van der Waals surface area contributed by atoms with Gasteiger partial charge in [0.15, 0.2) is 0 Å². The van der Waals surface area contributed by atoms with E-state index in [1.165, 1.54) is 12.1 Å². The summed E-state index contributed by atoms with van der Waals surface area (Å²) in [4.78, 5) is 0. The summed E-state index contributed by atoms with van der Waals surface area (Å²) >= 11 is 0. The molecule has 0 aliphatic heterocycles. The molecule has 0 fully saturated rings. The van der Waals surface area contributed by atoms with Gasteiger partial charge in [0.25, 0.3) is 0 Å². The fraction of sp³-hybridized carbons (Fsp3) is 0.182. The number of nitrogens with one attached hydrogen (secondary N) is 1. The van der Waals surface area contributed by atoms with E-state index in [4.69, 9.17) is 5.73 Å². The van der Waals surface area contributed by atoms with Crippen LogP contribution in [0.4, 0.5) is 13.2 Å². The Morgan fingerprint density at radius 2 is 1.30 bits per heavy atom. The molecule has 2 atom stereocenters. The maximum absolute atomic E-state index is 13.3. The van der Waals surface area contributed by atoms with Crippen LogP contribution in [0, 0.1) is 0 Å². The molecular formula is C22H21F3N2O2S. The maximum atomic E-state index is 13.3. The topological polar surface area (TPSA) is 72.2 Å². The molecule has 0 spiro atoms. The van der Waals surface area contributed by atoms with Crippen LogP contribution >= 0.6 is 0 Å². The van der Waals surface area contributed by atoms with Gasteiger partial charge in [0.05, 0.1) is 23.4 Å². The van der Waals surface area contributed by atoms with E-state index in [0.29, 0.717) is 11.1 Å². The number of sulfonamides is 1. The normalized spacial score (nSPS) is 14.3. The summed E-state index contributed by atoms with van der Waals surface area (Å²) in [6.45, 7) is 0. The molecule has 158 valence electrons. The quantitative estimate of drug-likeness (QED) is 0.572. The van der Waals surface area contributed by atoms with Crippen LogP contribution in [0.3, 0.4) is 0 Å². The Morgan fingerprint density at radius 3 is 1.87 bits per heavy atom. The molecule has 0 bridgehead atoms. The lowest BCUT2D eigenvalue weighted by atomic mass is 9.95. The summed E-state index contributed by atoms with van der Waals surface area (Å²) in [7, 11) is -4.15. The van der Waals surface area contributed by atoms with E-state index in [2.05, 4.69) is 4.72 Å². The molecule has 0 heterocycles. The zero-order valence-corrected chi connectivity index (χ0v) is 16.7. The largest absolute Gasteiger partial charge is 0.416 e. The highest BCUT2D eigenvalue weighted by Gasteiger charge is 2.35. The van der Waals surface area contributed by atoms with Gasteiger partial charge in [-0.3, -0.25) is 0 Å². The van der Waals surface area contributed by atoms with Gasteiger partial charge >= 0.3 is 6.18 Å². The molecule has 8 heteroatoms. The molecule has 3 aromatic carbocycles. The highest BCUT2D eigenvalue weighted by Crippen LogP contribution is 2.33. The second kappa shape index (κ2) is 8.99. The molecule has 3 rings (SSSR count). The smallest absolute Gasteiger partial charge is 0.322 e. The number of nitrogens with two attached hydrogens (primary N) is 1. The molecule has 0 aromatic heterocycles. The van der Waals surface area contributed by atoms with Crippen molar-refractivity contribution < 1.29 is 21.6 Å². The number of rotatable bonds is 7. The Balaban J connectivity index is 1.93. The van der Waals surface area contributed by atoms with Gasteiger partial charge in [-0.2, -0.15) is 13.2 Å². The van der Waals surface area contributed by atoms with E-state index >= 15 is 0 Å². The van der Waals surface area contributed by atoms with Gasteiger partial charge in [0.1, 0.15) is 0 Å². The molecule has 4 nitrogen and oxygen atoms in total. The molecule has 0 aliphatic carbocycles. The van der Waals surface area contributed by atoms with Crippen LogP contribution in [0.2, 0.25) is 0 Å². The van der Waals surface area contributed by atoms with E-state index in [-0.39, 0.29) is 5.56 Å². The minimum Gasteiger partial charge on any atom is -0.322 e. The van der Waals surface area contributed by atoms with Crippen LogP contribution in [0.1, 0.15) is 34.3 Å². The Morgan fingerprint density at radius 1 is 0.800 bits per heavy atom. The lowest BCUT2D eigenvalue weighted by Crippen LogP contribution is -2.36. The van der Waals surface area contributed by atoms with Crippen molar-refractivity contribution in [3.05, 3.63) is 107 Å². The number of hydrogen-bond acceptors (Lipinski definition) is 3. The van der Waals surface area contributed by atoms with Gasteiger partial charge in [-0.15, -0.1) is 0 Å². The molecule has 0 saturated heterocycles. The van der Waals surface area contributed by atoms with Gasteiger partial charge in [-0.05, 0) is 22.8 Å². The minimum atomic E-state index is -4.65. The van der Waals surface area contributed by atoms with Crippen LogP contribution < -0.4 is 10.5 Å². The number of halogens is 3. The standard InChI is InChI=1S/C22H21F3N2O2S/c23-22(24,25)19-14-8-7-13-18(19)15-30(28,29)27-21(17-11-5-2-6-12-17)20(26)16-9-3-1-4-10-16/h1-14,20-21,27H,15,26H2. The molecular weight excluding hydrogens is 413 g/mol. The van der Waals surface area contributed by atoms with Crippen molar-refractivity contribution in [3.8, 4) is 0 Å². The predicted molar refractivity (Wildman–Crippen MR) is 110 cm³/mol. The van der Waals surface area contributed by atoms with Crippen molar-refractivity contribution in [3.63, 3.8) is 0 Å². The predicted octanol–water partition coefficient (Wildman–Crippen LogP) is 4.57. The van der Waals surface area contributed by atoms with Gasteiger partial charge in [0.2, 0.25) is 10.0 Å². The fourth-order valence-electron chi connectivity index (χ4n) is 3.24. The van der Waals surface area contributed by atoms with E-state index in [0.717, 1.165) is 12.1 Å². The maximum Gasteiger partial charge on any atom is 0.416 e. The summed E-state index contributed by atoms with van der Waals surface area (Å²) < 4.78 is 68.0. The van der Waals surface area contributed by atoms with Gasteiger partial charge < -0.3 is 5.73 Å². The van der Waals surface area contributed by atoms with Crippen molar-refractivity contribution in [1.29, 1.82) is 0 Å². The molecule has 0 amide bonds. The van der Waals surface area contributed by atoms with Crippen molar-refractivity contribution in [2.75, 3.05) is 0 Å². The molecule has 2 unspecified atom stereocenters. The number of hydrogen-bond donors (Lipinski definition) is 2. The molecule has 3 N–H and O–H groups in total. The summed E-state index contributed by atoms with van der Waals surface area (Å²) in [5.74, 6) is -0.812. The first-order chi connectivity index (χ1) is 14.2. The zero-order chi connectivity index (χ0) is 21.8. The lowest BCUT2D eigenvalue weighted by Gasteiger charge is -2.26. The first-order valence-electron chi connectivity index (χ1n) is 9.18. The van der Waals surface area contributed by atoms with Crippen LogP contribution in [0.5, 0.6) is 0 Å². The van der Waals surface area contributed by atoms with E-state index < -0.39 is 39.6 Å². The molecule has 3 aromatic rings. The Hall–Kier alpha value is -2.68.